The molecule has 1 heterocycles. The highest BCUT2D eigenvalue weighted by Crippen LogP contribution is 2.15. The molecule has 0 aromatic heterocycles. The maximum atomic E-state index is 13.3. The van der Waals surface area contributed by atoms with Crippen LogP contribution in [0.3, 0.4) is 0 Å². The molecule has 1 fully saturated rings. The Balaban J connectivity index is 2.04. The number of benzene rings is 1. The van der Waals surface area contributed by atoms with E-state index in [1.807, 2.05) is 0 Å². The molecule has 7 heteroatoms. The smallest absolute Gasteiger partial charge is 0.249 e. The van der Waals surface area contributed by atoms with E-state index in [0.717, 1.165) is 12.1 Å². The van der Waals surface area contributed by atoms with Crippen molar-refractivity contribution in [2.75, 3.05) is 18.5 Å². The van der Waals surface area contributed by atoms with Gasteiger partial charge in [0.2, 0.25) is 11.8 Å². The van der Waals surface area contributed by atoms with E-state index in [9.17, 15) is 18.4 Å². The Labute approximate surface area is 101 Å². The molecule has 0 aliphatic carbocycles. The van der Waals surface area contributed by atoms with Crippen molar-refractivity contribution < 1.29 is 23.1 Å². The molecule has 1 aliphatic heterocycles. The number of rotatable bonds is 2. The molecule has 2 rings (SSSR count). The third-order valence-corrected chi connectivity index (χ3v) is 2.36. The van der Waals surface area contributed by atoms with Crippen molar-refractivity contribution in [3.63, 3.8) is 0 Å². The van der Waals surface area contributed by atoms with Crippen molar-refractivity contribution in [2.45, 2.75) is 6.04 Å². The van der Waals surface area contributed by atoms with Crippen LogP contribution in [0.25, 0.3) is 0 Å². The summed E-state index contributed by atoms with van der Waals surface area (Å²) < 4.78 is 30.8. The Hall–Kier alpha value is -2.02. The quantitative estimate of drug-likeness (QED) is 0.805. The minimum Gasteiger partial charge on any atom is -0.369 e. The lowest BCUT2D eigenvalue weighted by molar-refractivity contribution is -0.136. The topological polar surface area (TPSA) is 67.4 Å². The van der Waals surface area contributed by atoms with Gasteiger partial charge in [0.05, 0.1) is 12.3 Å². The van der Waals surface area contributed by atoms with Crippen LogP contribution in [0.5, 0.6) is 0 Å². The van der Waals surface area contributed by atoms with Crippen molar-refractivity contribution in [1.29, 1.82) is 0 Å². The van der Waals surface area contributed by atoms with Crippen molar-refractivity contribution in [3.8, 4) is 0 Å². The number of carbonyl (C=O) groups excluding carboxylic acids is 2. The monoisotopic (exact) mass is 256 g/mol. The molecule has 0 bridgehead atoms. The average molecular weight is 256 g/mol. The third kappa shape index (κ3) is 2.80. The summed E-state index contributed by atoms with van der Waals surface area (Å²) in [7, 11) is 0. The Morgan fingerprint density at radius 3 is 2.89 bits per heavy atom. The van der Waals surface area contributed by atoms with Crippen LogP contribution in [0, 0.1) is 11.6 Å². The van der Waals surface area contributed by atoms with Crippen LogP contribution >= 0.6 is 0 Å². The molecular weight excluding hydrogens is 246 g/mol. The normalized spacial score (nSPS) is 19.2. The van der Waals surface area contributed by atoms with Crippen LogP contribution in [-0.4, -0.2) is 31.1 Å². The third-order valence-electron chi connectivity index (χ3n) is 2.36. The molecule has 0 radical (unpaired) electrons. The number of nitrogens with one attached hydrogen (secondary N) is 2. The molecule has 0 spiro atoms. The second kappa shape index (κ2) is 5.09. The molecule has 0 saturated carbocycles. The van der Waals surface area contributed by atoms with Gasteiger partial charge in [0, 0.05) is 6.07 Å². The lowest BCUT2D eigenvalue weighted by Crippen LogP contribution is -2.52. The van der Waals surface area contributed by atoms with Crippen LogP contribution in [0.2, 0.25) is 0 Å². The molecule has 1 aliphatic rings. The number of anilines is 1. The van der Waals surface area contributed by atoms with E-state index >= 15 is 0 Å². The second-order valence-corrected chi connectivity index (χ2v) is 3.75. The van der Waals surface area contributed by atoms with E-state index in [0.29, 0.717) is 6.07 Å². The molecule has 1 aromatic rings. The predicted molar refractivity (Wildman–Crippen MR) is 57.7 cm³/mol. The maximum absolute atomic E-state index is 13.3. The van der Waals surface area contributed by atoms with Crippen LogP contribution in [0.1, 0.15) is 0 Å². The van der Waals surface area contributed by atoms with Crippen LogP contribution < -0.4 is 10.6 Å². The maximum Gasteiger partial charge on any atom is 0.249 e. The van der Waals surface area contributed by atoms with Gasteiger partial charge in [0.1, 0.15) is 24.3 Å². The summed E-state index contributed by atoms with van der Waals surface area (Å²) in [5.74, 6) is -2.65. The van der Waals surface area contributed by atoms with Gasteiger partial charge in [-0.1, -0.05) is 0 Å². The first kappa shape index (κ1) is 12.4. The first-order valence-corrected chi connectivity index (χ1v) is 5.19. The standard InChI is InChI=1S/C11H10F2N2O3/c12-6-1-2-8(7(13)3-6)15-11(17)9-4-18-5-10(16)14-9/h1-3,9H,4-5H2,(H,14,16)(H,15,17). The van der Waals surface area contributed by atoms with E-state index in [2.05, 4.69) is 10.6 Å². The Bertz CT molecular complexity index is 493. The molecule has 2 amide bonds. The summed E-state index contributed by atoms with van der Waals surface area (Å²) in [6, 6.07) is 1.91. The zero-order valence-corrected chi connectivity index (χ0v) is 9.20. The summed E-state index contributed by atoms with van der Waals surface area (Å²) in [5.41, 5.74) is -0.152. The zero-order valence-electron chi connectivity index (χ0n) is 9.20. The highest BCUT2D eigenvalue weighted by Gasteiger charge is 2.25. The number of morpholine rings is 1. The fraction of sp³-hybridized carbons (Fsp3) is 0.273. The van der Waals surface area contributed by atoms with Crippen LogP contribution in [0.4, 0.5) is 14.5 Å². The van der Waals surface area contributed by atoms with Gasteiger partial charge in [-0.25, -0.2) is 8.78 Å². The van der Waals surface area contributed by atoms with Crippen molar-refractivity contribution in [2.24, 2.45) is 0 Å². The molecule has 18 heavy (non-hydrogen) atoms. The van der Waals surface area contributed by atoms with E-state index in [1.54, 1.807) is 0 Å². The van der Waals surface area contributed by atoms with E-state index < -0.39 is 29.5 Å². The minimum absolute atomic E-state index is 0.0143. The summed E-state index contributed by atoms with van der Waals surface area (Å²) in [6.45, 7) is -0.0882. The number of carbonyl (C=O) groups is 2. The van der Waals surface area contributed by atoms with Gasteiger partial charge in [0.25, 0.3) is 0 Å². The Morgan fingerprint density at radius 1 is 1.44 bits per heavy atom. The number of hydrogen-bond donors (Lipinski definition) is 2. The zero-order chi connectivity index (χ0) is 13.1. The van der Waals surface area contributed by atoms with Gasteiger partial charge in [-0.3, -0.25) is 9.59 Å². The summed E-state index contributed by atoms with van der Waals surface area (Å²) in [6.07, 6.45) is 0. The summed E-state index contributed by atoms with van der Waals surface area (Å²) in [5, 5.41) is 4.65. The summed E-state index contributed by atoms with van der Waals surface area (Å²) in [4.78, 5) is 22.7. The van der Waals surface area contributed by atoms with Gasteiger partial charge in [-0.2, -0.15) is 0 Å². The van der Waals surface area contributed by atoms with Crippen molar-refractivity contribution >= 4 is 17.5 Å². The molecule has 2 N–H and O–H groups in total. The highest BCUT2D eigenvalue weighted by molar-refractivity contribution is 5.97. The Kier molecular flexibility index (Phi) is 3.52. The average Bonchev–Trinajstić information content (AvgIpc) is 2.32. The molecular formula is C11H10F2N2O3. The SMILES string of the molecule is O=C1COCC(C(=O)Nc2ccc(F)cc2F)N1. The number of ether oxygens (including phenoxy) is 1. The lowest BCUT2D eigenvalue weighted by atomic mass is 10.2. The molecule has 1 atom stereocenters. The van der Waals surface area contributed by atoms with Crippen molar-refractivity contribution in [1.82, 2.24) is 5.32 Å². The molecule has 1 saturated heterocycles. The van der Waals surface area contributed by atoms with E-state index in [1.165, 1.54) is 0 Å². The van der Waals surface area contributed by atoms with Crippen LogP contribution in [0.15, 0.2) is 18.2 Å². The first-order chi connectivity index (χ1) is 8.56. The van der Waals surface area contributed by atoms with Gasteiger partial charge in [-0.15, -0.1) is 0 Å². The van der Waals surface area contributed by atoms with Gasteiger partial charge < -0.3 is 15.4 Å². The number of hydrogen-bond acceptors (Lipinski definition) is 3. The highest BCUT2D eigenvalue weighted by atomic mass is 19.1. The largest absolute Gasteiger partial charge is 0.369 e. The molecule has 5 nitrogen and oxygen atoms in total. The van der Waals surface area contributed by atoms with E-state index in [-0.39, 0.29) is 18.9 Å². The second-order valence-electron chi connectivity index (χ2n) is 3.75. The molecule has 1 unspecified atom stereocenters. The molecule has 96 valence electrons. The molecule has 1 aromatic carbocycles. The number of halogens is 2. The first-order valence-electron chi connectivity index (χ1n) is 5.19. The minimum atomic E-state index is -0.883. The van der Waals surface area contributed by atoms with Crippen LogP contribution in [-0.2, 0) is 14.3 Å². The van der Waals surface area contributed by atoms with Gasteiger partial charge >= 0.3 is 0 Å². The van der Waals surface area contributed by atoms with E-state index in [4.69, 9.17) is 4.74 Å². The Morgan fingerprint density at radius 2 is 2.22 bits per heavy atom. The summed E-state index contributed by atoms with van der Waals surface area (Å²) >= 11 is 0. The predicted octanol–water partition coefficient (Wildman–Crippen LogP) is 0.418. The number of amides is 2. The van der Waals surface area contributed by atoms with Crippen molar-refractivity contribution in [3.05, 3.63) is 29.8 Å². The van der Waals surface area contributed by atoms with Gasteiger partial charge in [-0.05, 0) is 12.1 Å². The fourth-order valence-corrected chi connectivity index (χ4v) is 1.50. The fourth-order valence-electron chi connectivity index (χ4n) is 1.50. The van der Waals surface area contributed by atoms with Gasteiger partial charge in [0.15, 0.2) is 0 Å². The lowest BCUT2D eigenvalue weighted by Gasteiger charge is -2.22.